The molecule has 1 heterocycles. The zero-order valence-corrected chi connectivity index (χ0v) is 39.1. The van der Waals surface area contributed by atoms with Crippen molar-refractivity contribution in [2.45, 2.75) is 95.2 Å². The van der Waals surface area contributed by atoms with Crippen molar-refractivity contribution >= 4 is 56.2 Å². The largest absolute Gasteiger partial charge is 0.242 e. The van der Waals surface area contributed by atoms with Gasteiger partial charge in [-0.15, -0.1) is 10.0 Å². The average molecular weight is 821 g/mol. The molecule has 0 aliphatic carbocycles. The smallest absolute Gasteiger partial charge is 0.133 e. The normalized spacial score (nSPS) is 12.5. The zero-order chi connectivity index (χ0) is 43.4. The summed E-state index contributed by atoms with van der Waals surface area (Å²) in [4.78, 5) is 5.36. The Morgan fingerprint density at radius 3 is 1.11 bits per heavy atom. The molecule has 0 fully saturated rings. The van der Waals surface area contributed by atoms with Crippen LogP contribution in [0.25, 0.3) is 0 Å². The lowest BCUT2D eigenvalue weighted by Gasteiger charge is -2.42. The van der Waals surface area contributed by atoms with Crippen LogP contribution in [0.5, 0.6) is 0 Å². The SMILES string of the molecule is Cc1cc(C)c(B(c2ccc(S(c3ccccc3)(c3ccccc3)c3ccc(B4c5c(C)cc(C)cc5Cc5cc(C)cc(C)c54)cc3)cc2)c2c(C)cc(C)cc2C)c(C)c1. The highest BCUT2D eigenvalue weighted by molar-refractivity contribution is 8.34. The summed E-state index contributed by atoms with van der Waals surface area (Å²) in [6.07, 6.45) is 0.989. The second kappa shape index (κ2) is 16.5. The Kier molecular flexibility index (Phi) is 11.1. The third kappa shape index (κ3) is 7.19. The van der Waals surface area contributed by atoms with Crippen LogP contribution in [0.2, 0.25) is 0 Å². The average Bonchev–Trinajstić information content (AvgIpc) is 3.23. The third-order valence-corrected chi connectivity index (χ3v) is 17.5. The Balaban J connectivity index is 1.25. The van der Waals surface area contributed by atoms with Gasteiger partial charge >= 0.3 is 0 Å². The number of benzene rings is 8. The second-order valence-corrected chi connectivity index (χ2v) is 21.5. The molecule has 0 bridgehead atoms. The molecule has 0 radical (unpaired) electrons. The van der Waals surface area contributed by atoms with E-state index < -0.39 is 10.0 Å². The van der Waals surface area contributed by atoms with Crippen LogP contribution < -0.4 is 32.8 Å². The monoisotopic (exact) mass is 820 g/mol. The van der Waals surface area contributed by atoms with Crippen molar-refractivity contribution in [2.24, 2.45) is 0 Å². The first-order valence-corrected chi connectivity index (χ1v) is 24.0. The topological polar surface area (TPSA) is 0 Å². The molecule has 1 aliphatic rings. The summed E-state index contributed by atoms with van der Waals surface area (Å²) in [5, 5.41) is 0. The molecule has 0 saturated heterocycles. The van der Waals surface area contributed by atoms with Crippen LogP contribution in [0.1, 0.15) is 66.8 Å². The molecule has 0 aromatic heterocycles. The van der Waals surface area contributed by atoms with Crippen LogP contribution in [0.4, 0.5) is 0 Å². The van der Waals surface area contributed by atoms with Gasteiger partial charge < -0.3 is 0 Å². The molecule has 0 amide bonds. The van der Waals surface area contributed by atoms with Gasteiger partial charge in [0.1, 0.15) is 0 Å². The van der Waals surface area contributed by atoms with E-state index in [4.69, 9.17) is 0 Å². The molecule has 0 unspecified atom stereocenters. The first-order chi connectivity index (χ1) is 29.8. The molecule has 9 rings (SSSR count). The molecule has 0 N–H and O–H groups in total. The Morgan fingerprint density at radius 2 is 0.710 bits per heavy atom. The summed E-state index contributed by atoms with van der Waals surface area (Å²) in [5.41, 5.74) is 24.9. The molecule has 0 saturated carbocycles. The van der Waals surface area contributed by atoms with Crippen LogP contribution in [-0.4, -0.2) is 13.4 Å². The van der Waals surface area contributed by atoms with E-state index in [1.165, 1.54) is 119 Å². The maximum atomic E-state index is 2.47. The lowest BCUT2D eigenvalue weighted by atomic mass is 9.32. The van der Waals surface area contributed by atoms with E-state index in [1.54, 1.807) is 0 Å². The van der Waals surface area contributed by atoms with E-state index in [0.29, 0.717) is 0 Å². The van der Waals surface area contributed by atoms with Gasteiger partial charge in [-0.05, 0) is 135 Å². The van der Waals surface area contributed by atoms with Crippen LogP contribution in [0, 0.1) is 69.2 Å². The predicted octanol–water partition coefficient (Wildman–Crippen LogP) is 11.0. The maximum absolute atomic E-state index is 2.47. The standard InChI is InChI=1S/C59H58B2S/c1-38-29-42(5)56(43(6)30-38)60(57-44(7)31-39(2)32-45(57)8)50-21-25-54(26-22-50)62(52-17-13-11-14-18-52,53-19-15-12-16-20-53)55-27-23-51(24-28-55)61-58-46(9)33-40(3)35-48(58)37-49-36-41(4)34-47(10)59(49)61/h11-36H,37H2,1-10H3. The highest BCUT2D eigenvalue weighted by atomic mass is 32.3. The Bertz CT molecular complexity index is 2760. The zero-order valence-electron chi connectivity index (χ0n) is 38.3. The third-order valence-electron chi connectivity index (χ3n) is 13.6. The van der Waals surface area contributed by atoms with Gasteiger partial charge in [-0.25, -0.2) is 0 Å². The first kappa shape index (κ1) is 41.6. The van der Waals surface area contributed by atoms with E-state index >= 15 is 0 Å². The number of hydrogen-bond acceptors (Lipinski definition) is 0. The summed E-state index contributed by atoms with van der Waals surface area (Å²) in [6, 6.07) is 61.4. The number of fused-ring (bicyclic) bond motifs is 2. The molecule has 0 atom stereocenters. The quantitative estimate of drug-likeness (QED) is 0.134. The lowest BCUT2D eigenvalue weighted by Crippen LogP contribution is -2.58. The fourth-order valence-electron chi connectivity index (χ4n) is 11.5. The van der Waals surface area contributed by atoms with Gasteiger partial charge in [0.05, 0.1) is 0 Å². The van der Waals surface area contributed by atoms with E-state index in [9.17, 15) is 0 Å². The van der Waals surface area contributed by atoms with Crippen molar-refractivity contribution in [3.8, 4) is 0 Å². The van der Waals surface area contributed by atoms with Gasteiger partial charge in [0.25, 0.3) is 0 Å². The highest BCUT2D eigenvalue weighted by Gasteiger charge is 2.37. The van der Waals surface area contributed by atoms with Gasteiger partial charge in [-0.1, -0.05) is 198 Å². The van der Waals surface area contributed by atoms with Crippen LogP contribution in [0.3, 0.4) is 0 Å². The van der Waals surface area contributed by atoms with E-state index in [-0.39, 0.29) is 13.4 Å². The van der Waals surface area contributed by atoms with E-state index in [2.05, 4.69) is 227 Å². The molecule has 8 aromatic rings. The summed E-state index contributed by atoms with van der Waals surface area (Å²) < 4.78 is 0. The summed E-state index contributed by atoms with van der Waals surface area (Å²) >= 11 is 0. The minimum atomic E-state index is -1.92. The van der Waals surface area contributed by atoms with Crippen molar-refractivity contribution in [2.75, 3.05) is 0 Å². The van der Waals surface area contributed by atoms with Crippen LogP contribution >= 0.6 is 10.0 Å². The fourth-order valence-corrected chi connectivity index (χ4v) is 15.4. The fraction of sp³-hybridized carbons (Fsp3) is 0.186. The van der Waals surface area contributed by atoms with Crippen molar-refractivity contribution in [3.63, 3.8) is 0 Å². The van der Waals surface area contributed by atoms with Crippen molar-refractivity contribution in [1.82, 2.24) is 0 Å². The molecule has 306 valence electrons. The number of rotatable bonds is 8. The molecule has 62 heavy (non-hydrogen) atoms. The minimum Gasteiger partial charge on any atom is -0.133 e. The van der Waals surface area contributed by atoms with Gasteiger partial charge in [-0.3, -0.25) is 0 Å². The molecule has 8 aromatic carbocycles. The Hall–Kier alpha value is -5.76. The molecule has 3 heteroatoms. The number of hydrogen-bond donors (Lipinski definition) is 0. The van der Waals surface area contributed by atoms with Crippen LogP contribution in [-0.2, 0) is 6.42 Å². The second-order valence-electron chi connectivity index (χ2n) is 18.4. The molecular formula is C59H58B2S. The summed E-state index contributed by atoms with van der Waals surface area (Å²) in [6.45, 7) is 23.0. The van der Waals surface area contributed by atoms with Crippen molar-refractivity contribution < 1.29 is 0 Å². The first-order valence-electron chi connectivity index (χ1n) is 22.3. The van der Waals surface area contributed by atoms with Gasteiger partial charge in [0.2, 0.25) is 13.4 Å². The maximum Gasteiger partial charge on any atom is 0.242 e. The molecule has 0 spiro atoms. The van der Waals surface area contributed by atoms with E-state index in [1.807, 2.05) is 0 Å². The number of aryl methyl sites for hydroxylation is 10. The predicted molar refractivity (Wildman–Crippen MR) is 272 cm³/mol. The Morgan fingerprint density at radius 1 is 0.371 bits per heavy atom. The molecular weight excluding hydrogens is 762 g/mol. The van der Waals surface area contributed by atoms with Gasteiger partial charge in [0.15, 0.2) is 0 Å². The Labute approximate surface area is 374 Å². The molecule has 1 aliphatic heterocycles. The molecule has 0 nitrogen and oxygen atoms in total. The van der Waals surface area contributed by atoms with Crippen molar-refractivity contribution in [1.29, 1.82) is 0 Å². The minimum absolute atomic E-state index is 0.114. The lowest BCUT2D eigenvalue weighted by molar-refractivity contribution is 1.16. The highest BCUT2D eigenvalue weighted by Crippen LogP contribution is 2.73. The van der Waals surface area contributed by atoms with E-state index in [0.717, 1.165) is 6.42 Å². The van der Waals surface area contributed by atoms with Gasteiger partial charge in [0, 0.05) is 19.6 Å². The van der Waals surface area contributed by atoms with Crippen molar-refractivity contribution in [3.05, 3.63) is 224 Å². The van der Waals surface area contributed by atoms with Gasteiger partial charge in [-0.2, -0.15) is 0 Å². The summed E-state index contributed by atoms with van der Waals surface area (Å²) in [7, 11) is -1.92. The van der Waals surface area contributed by atoms with Crippen LogP contribution in [0.15, 0.2) is 177 Å². The summed E-state index contributed by atoms with van der Waals surface area (Å²) in [5.74, 6) is 0.